The van der Waals surface area contributed by atoms with Crippen molar-refractivity contribution in [3.8, 4) is 5.75 Å². The lowest BCUT2D eigenvalue weighted by Gasteiger charge is -2.33. The second-order valence-corrected chi connectivity index (χ2v) is 7.14. The van der Waals surface area contributed by atoms with E-state index in [2.05, 4.69) is 10.3 Å². The third-order valence-electron chi connectivity index (χ3n) is 5.24. The molecule has 1 aromatic heterocycles. The Hall–Kier alpha value is -3.43. The molecule has 2 unspecified atom stereocenters. The Morgan fingerprint density at radius 1 is 1.31 bits per heavy atom. The molecule has 0 saturated carbocycles. The fraction of sp³-hybridized carbons (Fsp3) is 0.421. The number of carboxylic acids is 1. The Labute approximate surface area is 166 Å². The smallest absolute Gasteiger partial charge is 0.358 e. The molecule has 1 fully saturated rings. The monoisotopic (exact) mass is 399 g/mol. The van der Waals surface area contributed by atoms with Crippen LogP contribution in [0.3, 0.4) is 0 Å². The number of hydrogen-bond acceptors (Lipinski definition) is 6. The van der Waals surface area contributed by atoms with Gasteiger partial charge < -0.3 is 19.6 Å². The van der Waals surface area contributed by atoms with Crippen LogP contribution in [0.5, 0.6) is 5.75 Å². The number of aromatic nitrogens is 3. The first-order valence-electron chi connectivity index (χ1n) is 9.44. The molecule has 1 saturated heterocycles. The van der Waals surface area contributed by atoms with Gasteiger partial charge in [0.05, 0.1) is 17.9 Å². The molecule has 0 radical (unpaired) electrons. The van der Waals surface area contributed by atoms with Gasteiger partial charge in [-0.25, -0.2) is 9.48 Å². The first-order chi connectivity index (χ1) is 13.9. The van der Waals surface area contributed by atoms with Crippen LogP contribution in [0.25, 0.3) is 0 Å². The number of amides is 2. The van der Waals surface area contributed by atoms with Crippen molar-refractivity contribution in [1.82, 2.24) is 19.9 Å². The molecule has 2 aliphatic rings. The van der Waals surface area contributed by atoms with Crippen molar-refractivity contribution in [3.05, 3.63) is 36.2 Å². The van der Waals surface area contributed by atoms with Gasteiger partial charge in [0.1, 0.15) is 5.75 Å². The van der Waals surface area contributed by atoms with E-state index in [9.17, 15) is 14.4 Å². The molecule has 10 heteroatoms. The first kappa shape index (κ1) is 18.9. The number of likely N-dealkylation sites (tertiary alicyclic amines) is 1. The van der Waals surface area contributed by atoms with E-state index < -0.39 is 12.1 Å². The van der Waals surface area contributed by atoms with Crippen LogP contribution < -0.4 is 9.64 Å². The molecule has 1 aromatic carbocycles. The molecule has 4 rings (SSSR count). The molecule has 3 heterocycles. The second kappa shape index (κ2) is 7.53. The summed E-state index contributed by atoms with van der Waals surface area (Å²) in [4.78, 5) is 39.5. The summed E-state index contributed by atoms with van der Waals surface area (Å²) in [5.74, 6) is -0.726. The zero-order valence-electron chi connectivity index (χ0n) is 15.9. The largest absolute Gasteiger partial charge is 0.479 e. The van der Waals surface area contributed by atoms with E-state index >= 15 is 0 Å². The van der Waals surface area contributed by atoms with Gasteiger partial charge >= 0.3 is 5.97 Å². The second-order valence-electron chi connectivity index (χ2n) is 7.14. The minimum atomic E-state index is -1.13. The van der Waals surface area contributed by atoms with Crippen LogP contribution in [0.4, 0.5) is 5.69 Å². The number of benzene rings is 1. The number of fused-ring (bicyclic) bond motifs is 1. The summed E-state index contributed by atoms with van der Waals surface area (Å²) >= 11 is 0. The summed E-state index contributed by atoms with van der Waals surface area (Å²) in [5.41, 5.74) is 0.555. The number of anilines is 1. The molecule has 0 aliphatic carbocycles. The van der Waals surface area contributed by atoms with Crippen molar-refractivity contribution >= 4 is 23.5 Å². The summed E-state index contributed by atoms with van der Waals surface area (Å²) in [5, 5.41) is 16.4. The van der Waals surface area contributed by atoms with Crippen molar-refractivity contribution in [2.75, 3.05) is 24.5 Å². The number of hydrogen-bond donors (Lipinski definition) is 1. The van der Waals surface area contributed by atoms with Crippen molar-refractivity contribution in [1.29, 1.82) is 0 Å². The van der Waals surface area contributed by atoms with Crippen molar-refractivity contribution < 1.29 is 24.2 Å². The molecule has 2 aliphatic heterocycles. The number of carbonyl (C=O) groups is 3. The lowest BCUT2D eigenvalue weighted by molar-refractivity contribution is -0.130. The lowest BCUT2D eigenvalue weighted by atomic mass is 10.1. The van der Waals surface area contributed by atoms with E-state index in [1.165, 1.54) is 10.9 Å². The number of ether oxygens (including phenoxy) is 1. The Morgan fingerprint density at radius 3 is 2.86 bits per heavy atom. The molecule has 2 aromatic rings. The summed E-state index contributed by atoms with van der Waals surface area (Å²) in [7, 11) is 0. The molecular weight excluding hydrogens is 378 g/mol. The minimum Gasteiger partial charge on any atom is -0.479 e. The average Bonchev–Trinajstić information content (AvgIpc) is 3.38. The van der Waals surface area contributed by atoms with Gasteiger partial charge in [-0.05, 0) is 25.5 Å². The van der Waals surface area contributed by atoms with Crippen LogP contribution >= 0.6 is 0 Å². The Bertz CT molecular complexity index is 958. The SMILES string of the molecule is CC1Oc2ccccc2N(CCC(=O)N2CCC(n3cc(C(=O)O)nn3)C2)C1=O. The first-order valence-corrected chi connectivity index (χ1v) is 9.44. The van der Waals surface area contributed by atoms with E-state index in [-0.39, 0.29) is 36.5 Å². The van der Waals surface area contributed by atoms with E-state index in [4.69, 9.17) is 9.84 Å². The normalized spacial score (nSPS) is 21.1. The van der Waals surface area contributed by atoms with Crippen LogP contribution in [-0.2, 0) is 9.59 Å². The maximum absolute atomic E-state index is 12.7. The summed E-state index contributed by atoms with van der Waals surface area (Å²) in [6.07, 6.45) is 1.65. The summed E-state index contributed by atoms with van der Waals surface area (Å²) in [6, 6.07) is 7.18. The zero-order valence-corrected chi connectivity index (χ0v) is 15.9. The van der Waals surface area contributed by atoms with Gasteiger partial charge in [0.2, 0.25) is 5.91 Å². The molecule has 2 amide bonds. The van der Waals surface area contributed by atoms with E-state index in [0.717, 1.165) is 0 Å². The Morgan fingerprint density at radius 2 is 2.10 bits per heavy atom. The maximum Gasteiger partial charge on any atom is 0.358 e. The highest BCUT2D eigenvalue weighted by atomic mass is 16.5. The minimum absolute atomic E-state index is 0.0597. The van der Waals surface area contributed by atoms with Crippen molar-refractivity contribution in [3.63, 3.8) is 0 Å². The van der Waals surface area contributed by atoms with E-state index in [1.807, 2.05) is 18.2 Å². The molecule has 1 N–H and O–H groups in total. The van der Waals surface area contributed by atoms with Crippen molar-refractivity contribution in [2.24, 2.45) is 0 Å². The van der Waals surface area contributed by atoms with Gasteiger partial charge in [-0.15, -0.1) is 5.10 Å². The number of carboxylic acid groups (broad SMARTS) is 1. The highest BCUT2D eigenvalue weighted by molar-refractivity contribution is 6.00. The molecular formula is C19H21N5O5. The predicted octanol–water partition coefficient (Wildman–Crippen LogP) is 0.954. The summed E-state index contributed by atoms with van der Waals surface area (Å²) in [6.45, 7) is 2.96. The number of para-hydroxylation sites is 2. The van der Waals surface area contributed by atoms with Crippen LogP contribution in [0.2, 0.25) is 0 Å². The van der Waals surface area contributed by atoms with Crippen LogP contribution in [-0.4, -0.2) is 68.5 Å². The van der Waals surface area contributed by atoms with Gasteiger partial charge in [0.25, 0.3) is 5.91 Å². The van der Waals surface area contributed by atoms with Gasteiger partial charge in [0, 0.05) is 26.1 Å². The van der Waals surface area contributed by atoms with Gasteiger partial charge in [-0.3, -0.25) is 9.59 Å². The van der Waals surface area contributed by atoms with E-state index in [0.29, 0.717) is 30.9 Å². The quantitative estimate of drug-likeness (QED) is 0.795. The van der Waals surface area contributed by atoms with E-state index in [1.54, 1.807) is 22.8 Å². The number of nitrogens with zero attached hydrogens (tertiary/aromatic N) is 5. The summed E-state index contributed by atoms with van der Waals surface area (Å²) < 4.78 is 7.12. The molecule has 152 valence electrons. The third-order valence-corrected chi connectivity index (χ3v) is 5.24. The van der Waals surface area contributed by atoms with Crippen LogP contribution in [0.15, 0.2) is 30.5 Å². The molecule has 0 bridgehead atoms. The Balaban J connectivity index is 1.38. The number of rotatable bonds is 5. The highest BCUT2D eigenvalue weighted by Crippen LogP contribution is 2.33. The van der Waals surface area contributed by atoms with Crippen molar-refractivity contribution in [2.45, 2.75) is 31.9 Å². The highest BCUT2D eigenvalue weighted by Gasteiger charge is 2.33. The van der Waals surface area contributed by atoms with Gasteiger partial charge in [-0.1, -0.05) is 17.3 Å². The number of carbonyl (C=O) groups excluding carboxylic acids is 2. The molecule has 29 heavy (non-hydrogen) atoms. The van der Waals surface area contributed by atoms with Gasteiger partial charge in [0.15, 0.2) is 11.8 Å². The Kier molecular flexibility index (Phi) is 4.91. The fourth-order valence-electron chi connectivity index (χ4n) is 3.69. The topological polar surface area (TPSA) is 118 Å². The number of aromatic carboxylic acids is 1. The van der Waals surface area contributed by atoms with Gasteiger partial charge in [-0.2, -0.15) is 0 Å². The molecule has 0 spiro atoms. The fourth-order valence-corrected chi connectivity index (χ4v) is 3.69. The standard InChI is InChI=1S/C19H21N5O5/c1-12-18(26)23(15-4-2-3-5-16(15)29-12)9-7-17(25)22-8-6-13(10-22)24-11-14(19(27)28)20-21-24/h2-5,11-13H,6-10H2,1H3,(H,27,28). The zero-order chi connectivity index (χ0) is 20.5. The molecule has 10 nitrogen and oxygen atoms in total. The molecule has 2 atom stereocenters. The predicted molar refractivity (Wildman–Crippen MR) is 101 cm³/mol. The average molecular weight is 399 g/mol. The van der Waals surface area contributed by atoms with Crippen LogP contribution in [0.1, 0.15) is 36.3 Å². The third kappa shape index (κ3) is 3.65. The lowest BCUT2D eigenvalue weighted by Crippen LogP contribution is -2.46. The van der Waals surface area contributed by atoms with Crippen LogP contribution in [0, 0.1) is 0 Å². The maximum atomic E-state index is 12.7.